The standard InChI is InChI=1S/C26H27N3O5/c1-5-34-20-11-7-6-10-19(20)28-25(30)23-17-13-21(32-3)22(33-4)14-18(17)26(31)29(2)24(23)16-9-8-12-27-15-16/h6-15,23-24H,5H2,1-4H3,(H,28,30)/t23-,24+/m1/s1. The van der Waals surface area contributed by atoms with Gasteiger partial charge in [0.2, 0.25) is 5.91 Å². The van der Waals surface area contributed by atoms with Gasteiger partial charge in [-0.15, -0.1) is 0 Å². The number of carbonyl (C=O) groups is 2. The number of pyridine rings is 1. The summed E-state index contributed by atoms with van der Waals surface area (Å²) in [5.41, 5.74) is 2.25. The normalized spacial score (nSPS) is 17.1. The third-order valence-electron chi connectivity index (χ3n) is 5.93. The lowest BCUT2D eigenvalue weighted by atomic mass is 9.79. The maximum atomic E-state index is 13.9. The van der Waals surface area contributed by atoms with Crippen molar-refractivity contribution in [3.63, 3.8) is 0 Å². The van der Waals surface area contributed by atoms with E-state index in [0.29, 0.717) is 40.7 Å². The minimum atomic E-state index is -0.739. The van der Waals surface area contributed by atoms with Gasteiger partial charge in [0.05, 0.1) is 38.5 Å². The average molecular weight is 462 g/mol. The van der Waals surface area contributed by atoms with Crippen molar-refractivity contribution in [3.05, 3.63) is 77.6 Å². The quantitative estimate of drug-likeness (QED) is 0.571. The third-order valence-corrected chi connectivity index (χ3v) is 5.93. The monoisotopic (exact) mass is 461 g/mol. The minimum Gasteiger partial charge on any atom is -0.493 e. The van der Waals surface area contributed by atoms with Crippen LogP contribution in [0.2, 0.25) is 0 Å². The fourth-order valence-corrected chi connectivity index (χ4v) is 4.36. The molecule has 3 aromatic rings. The molecule has 1 aliphatic rings. The van der Waals surface area contributed by atoms with E-state index in [2.05, 4.69) is 10.3 Å². The SMILES string of the molecule is CCOc1ccccc1NC(=O)[C@@H]1c2cc(OC)c(OC)cc2C(=O)N(C)[C@H]1c1cccnc1. The van der Waals surface area contributed by atoms with Crippen LogP contribution in [0.1, 0.15) is 40.4 Å². The molecule has 8 nitrogen and oxygen atoms in total. The molecule has 1 aliphatic heterocycles. The summed E-state index contributed by atoms with van der Waals surface area (Å²) in [5.74, 6) is 0.192. The molecule has 0 fully saturated rings. The van der Waals surface area contributed by atoms with Crippen molar-refractivity contribution in [2.75, 3.05) is 33.2 Å². The molecule has 0 unspecified atom stereocenters. The van der Waals surface area contributed by atoms with Crippen molar-refractivity contribution in [1.82, 2.24) is 9.88 Å². The maximum Gasteiger partial charge on any atom is 0.254 e. The number of ether oxygens (including phenoxy) is 3. The Morgan fingerprint density at radius 2 is 1.79 bits per heavy atom. The largest absolute Gasteiger partial charge is 0.493 e. The number of hydrogen-bond donors (Lipinski definition) is 1. The van der Waals surface area contributed by atoms with E-state index in [-0.39, 0.29) is 11.8 Å². The zero-order valence-corrected chi connectivity index (χ0v) is 19.6. The smallest absolute Gasteiger partial charge is 0.254 e. The summed E-state index contributed by atoms with van der Waals surface area (Å²) in [4.78, 5) is 33.1. The molecule has 34 heavy (non-hydrogen) atoms. The Labute approximate surface area is 198 Å². The maximum absolute atomic E-state index is 13.9. The van der Waals surface area contributed by atoms with Gasteiger partial charge in [0, 0.05) is 25.0 Å². The van der Waals surface area contributed by atoms with Crippen LogP contribution in [0.3, 0.4) is 0 Å². The van der Waals surface area contributed by atoms with Gasteiger partial charge in [-0.25, -0.2) is 0 Å². The molecule has 1 N–H and O–H groups in total. The molecular weight excluding hydrogens is 434 g/mol. The number of anilines is 1. The first kappa shape index (κ1) is 23.1. The van der Waals surface area contributed by atoms with E-state index < -0.39 is 12.0 Å². The topological polar surface area (TPSA) is 90.0 Å². The highest BCUT2D eigenvalue weighted by Crippen LogP contribution is 2.46. The van der Waals surface area contributed by atoms with Gasteiger partial charge in [0.25, 0.3) is 5.91 Å². The predicted molar refractivity (Wildman–Crippen MR) is 128 cm³/mol. The van der Waals surface area contributed by atoms with E-state index in [0.717, 1.165) is 5.56 Å². The highest BCUT2D eigenvalue weighted by molar-refractivity contribution is 6.05. The zero-order chi connectivity index (χ0) is 24.2. The number of carbonyl (C=O) groups excluding carboxylic acids is 2. The van der Waals surface area contributed by atoms with Crippen LogP contribution in [-0.2, 0) is 4.79 Å². The summed E-state index contributed by atoms with van der Waals surface area (Å²) in [6.07, 6.45) is 3.33. The average Bonchev–Trinajstić information content (AvgIpc) is 2.87. The molecule has 0 spiro atoms. The second-order valence-electron chi connectivity index (χ2n) is 7.84. The highest BCUT2D eigenvalue weighted by atomic mass is 16.5. The lowest BCUT2D eigenvalue weighted by Gasteiger charge is -2.40. The molecule has 0 saturated heterocycles. The highest BCUT2D eigenvalue weighted by Gasteiger charge is 2.43. The molecule has 4 rings (SSSR count). The summed E-state index contributed by atoms with van der Waals surface area (Å²) in [6.45, 7) is 2.35. The van der Waals surface area contributed by atoms with Gasteiger partial charge < -0.3 is 24.4 Å². The van der Waals surface area contributed by atoms with Gasteiger partial charge in [0.15, 0.2) is 11.5 Å². The summed E-state index contributed by atoms with van der Waals surface area (Å²) in [5, 5.41) is 3.01. The van der Waals surface area contributed by atoms with Crippen LogP contribution in [-0.4, -0.2) is 49.6 Å². The van der Waals surface area contributed by atoms with Gasteiger partial charge >= 0.3 is 0 Å². The summed E-state index contributed by atoms with van der Waals surface area (Å²) in [6, 6.07) is 13.7. The Bertz CT molecular complexity index is 1200. The molecule has 2 heterocycles. The number of likely N-dealkylation sites (N-methyl/N-ethyl adjacent to an activating group) is 1. The van der Waals surface area contributed by atoms with Crippen molar-refractivity contribution >= 4 is 17.5 Å². The number of nitrogens with zero attached hydrogens (tertiary/aromatic N) is 2. The van der Waals surface area contributed by atoms with E-state index in [4.69, 9.17) is 14.2 Å². The zero-order valence-electron chi connectivity index (χ0n) is 19.6. The Morgan fingerprint density at radius 1 is 1.06 bits per heavy atom. The first-order valence-corrected chi connectivity index (χ1v) is 11.0. The molecule has 0 aliphatic carbocycles. The molecule has 0 radical (unpaired) electrons. The van der Waals surface area contributed by atoms with Crippen molar-refractivity contribution in [3.8, 4) is 17.2 Å². The van der Waals surface area contributed by atoms with E-state index in [9.17, 15) is 9.59 Å². The van der Waals surface area contributed by atoms with E-state index in [1.807, 2.05) is 25.1 Å². The molecule has 2 amide bonds. The van der Waals surface area contributed by atoms with Crippen molar-refractivity contribution in [2.24, 2.45) is 0 Å². The Morgan fingerprint density at radius 3 is 2.47 bits per heavy atom. The van der Waals surface area contributed by atoms with Gasteiger partial charge in [-0.05, 0) is 48.4 Å². The van der Waals surface area contributed by atoms with Gasteiger partial charge in [-0.1, -0.05) is 18.2 Å². The van der Waals surface area contributed by atoms with E-state index in [1.54, 1.807) is 54.7 Å². The van der Waals surface area contributed by atoms with E-state index in [1.165, 1.54) is 14.2 Å². The number of para-hydroxylation sites is 2. The number of aromatic nitrogens is 1. The minimum absolute atomic E-state index is 0.219. The Balaban J connectivity index is 1.86. The Hall–Kier alpha value is -4.07. The second-order valence-corrected chi connectivity index (χ2v) is 7.84. The molecule has 1 aromatic heterocycles. The Kier molecular flexibility index (Phi) is 6.67. The van der Waals surface area contributed by atoms with Crippen LogP contribution in [0.4, 0.5) is 5.69 Å². The van der Waals surface area contributed by atoms with Crippen molar-refractivity contribution in [1.29, 1.82) is 0 Å². The molecule has 0 bridgehead atoms. The van der Waals surface area contributed by atoms with Crippen molar-refractivity contribution < 1.29 is 23.8 Å². The number of amides is 2. The van der Waals surface area contributed by atoms with Crippen LogP contribution >= 0.6 is 0 Å². The molecule has 2 aromatic carbocycles. The van der Waals surface area contributed by atoms with Gasteiger partial charge in [0.1, 0.15) is 5.75 Å². The number of hydrogen-bond acceptors (Lipinski definition) is 6. The van der Waals surface area contributed by atoms with Gasteiger partial charge in [-0.3, -0.25) is 14.6 Å². The number of fused-ring (bicyclic) bond motifs is 1. The van der Waals surface area contributed by atoms with Crippen molar-refractivity contribution in [2.45, 2.75) is 18.9 Å². The summed E-state index contributed by atoms with van der Waals surface area (Å²) >= 11 is 0. The lowest BCUT2D eigenvalue weighted by Crippen LogP contribution is -2.44. The fraction of sp³-hybridized carbons (Fsp3) is 0.269. The van der Waals surface area contributed by atoms with Crippen LogP contribution in [0.15, 0.2) is 60.9 Å². The molecule has 2 atom stereocenters. The second kappa shape index (κ2) is 9.82. The lowest BCUT2D eigenvalue weighted by molar-refractivity contribution is -0.119. The third kappa shape index (κ3) is 4.14. The number of methoxy groups -OCH3 is 2. The first-order valence-electron chi connectivity index (χ1n) is 11.0. The summed E-state index contributed by atoms with van der Waals surface area (Å²) in [7, 11) is 4.72. The number of benzene rings is 2. The van der Waals surface area contributed by atoms with Crippen LogP contribution in [0.5, 0.6) is 17.2 Å². The first-order chi connectivity index (χ1) is 16.5. The van der Waals surface area contributed by atoms with Crippen LogP contribution in [0, 0.1) is 0 Å². The summed E-state index contributed by atoms with van der Waals surface area (Å²) < 4.78 is 16.6. The van der Waals surface area contributed by atoms with E-state index >= 15 is 0 Å². The number of rotatable bonds is 7. The van der Waals surface area contributed by atoms with Crippen LogP contribution < -0.4 is 19.5 Å². The van der Waals surface area contributed by atoms with Crippen LogP contribution in [0.25, 0.3) is 0 Å². The predicted octanol–water partition coefficient (Wildman–Crippen LogP) is 4.05. The van der Waals surface area contributed by atoms with Gasteiger partial charge in [-0.2, -0.15) is 0 Å². The number of nitrogens with one attached hydrogen (secondary N) is 1. The molecule has 176 valence electrons. The molecule has 0 saturated carbocycles. The fourth-order valence-electron chi connectivity index (χ4n) is 4.36. The molecule has 8 heteroatoms. The molecular formula is C26H27N3O5.